The van der Waals surface area contributed by atoms with Gasteiger partial charge in [0.1, 0.15) is 12.2 Å². The summed E-state index contributed by atoms with van der Waals surface area (Å²) in [6.07, 6.45) is -2.46. The van der Waals surface area contributed by atoms with Gasteiger partial charge in [-0.2, -0.15) is 0 Å². The Morgan fingerprint density at radius 2 is 1.61 bits per heavy atom. The van der Waals surface area contributed by atoms with Crippen molar-refractivity contribution in [2.45, 2.75) is 63.2 Å². The molecule has 0 aliphatic carbocycles. The fourth-order valence-corrected chi connectivity index (χ4v) is 6.30. The zero-order chi connectivity index (χ0) is 26.8. The van der Waals surface area contributed by atoms with Crippen molar-refractivity contribution in [3.63, 3.8) is 0 Å². The number of carboxylic acid groups (broad SMARTS) is 1. The molecule has 0 radical (unpaired) electrons. The molecule has 1 aliphatic rings. The van der Waals surface area contributed by atoms with Crippen molar-refractivity contribution in [3.05, 3.63) is 68.7 Å². The van der Waals surface area contributed by atoms with Crippen molar-refractivity contribution in [1.29, 1.82) is 0 Å². The minimum atomic E-state index is -3.55. The van der Waals surface area contributed by atoms with Crippen LogP contribution in [-0.2, 0) is 24.2 Å². The first-order valence-corrected chi connectivity index (χ1v) is 14.3. The van der Waals surface area contributed by atoms with E-state index < -0.39 is 57.7 Å². The second kappa shape index (κ2) is 11.7. The molecule has 0 saturated carbocycles. The average molecular weight is 577 g/mol. The van der Waals surface area contributed by atoms with E-state index in [4.69, 9.17) is 39.5 Å². The van der Waals surface area contributed by atoms with Gasteiger partial charge in [-0.1, -0.05) is 53.9 Å². The van der Waals surface area contributed by atoms with Gasteiger partial charge < -0.3 is 14.7 Å². The van der Waals surface area contributed by atoms with E-state index in [2.05, 4.69) is 0 Å². The van der Waals surface area contributed by atoms with Gasteiger partial charge in [0, 0.05) is 21.1 Å². The second-order valence-electron chi connectivity index (χ2n) is 9.03. The average Bonchev–Trinajstić information content (AvgIpc) is 2.78. The Morgan fingerprint density at radius 1 is 1.03 bits per heavy atom. The highest BCUT2D eigenvalue weighted by Gasteiger charge is 2.48. The summed E-state index contributed by atoms with van der Waals surface area (Å²) in [5.41, 5.74) is 1.17. The molecule has 3 rings (SSSR count). The Labute approximate surface area is 226 Å². The van der Waals surface area contributed by atoms with Crippen LogP contribution in [0.25, 0.3) is 0 Å². The molecule has 36 heavy (non-hydrogen) atoms. The number of benzene rings is 2. The summed E-state index contributed by atoms with van der Waals surface area (Å²) in [6, 6.07) is 10.1. The molecule has 1 fully saturated rings. The molecule has 1 aliphatic heterocycles. The number of carbonyl (C=O) groups excluding carboxylic acids is 1. The normalized spacial score (nSPS) is 21.6. The minimum absolute atomic E-state index is 0.278. The molecule has 7 nitrogen and oxygen atoms in total. The van der Waals surface area contributed by atoms with Gasteiger partial charge in [0.25, 0.3) is 5.91 Å². The van der Waals surface area contributed by atoms with E-state index in [1.54, 1.807) is 63.2 Å². The third-order valence-electron chi connectivity index (χ3n) is 6.22. The van der Waals surface area contributed by atoms with Gasteiger partial charge in [-0.25, -0.2) is 8.42 Å². The summed E-state index contributed by atoms with van der Waals surface area (Å²) >= 11 is 18.7. The van der Waals surface area contributed by atoms with Gasteiger partial charge in [-0.3, -0.25) is 9.59 Å². The third-order valence-corrected chi connectivity index (χ3v) is 9.19. The number of aliphatic carboxylic acids is 1. The highest BCUT2D eigenvalue weighted by molar-refractivity contribution is 7.92. The number of carbonyl (C=O) groups is 2. The van der Waals surface area contributed by atoms with E-state index in [1.165, 1.54) is 4.90 Å². The SMILES string of the molecule is CCC(CS(=O)(=O)C(C)C)N1C(=O)[C@H](CC(=O)O)O[C@H](c2cc(Cl)cc(Cl)c2)[C@H]1c1ccc(Cl)cc1. The maximum atomic E-state index is 13.7. The predicted octanol–water partition coefficient (Wildman–Crippen LogP) is 5.73. The standard InChI is InChI=1S/C25H28Cl3NO6S/c1-4-20(13-36(33,34)14(2)3)29-23(15-5-7-17(26)8-6-15)24(16-9-18(27)11-19(28)10-16)35-21(25(29)32)12-22(30)31/h5-11,14,20-21,23-24H,4,12-13H2,1-3H3,(H,30,31)/t20?,21-,23+,24+/m0/s1. The zero-order valence-corrected chi connectivity index (χ0v) is 23.1. The Morgan fingerprint density at radius 3 is 2.11 bits per heavy atom. The highest BCUT2D eigenvalue weighted by atomic mass is 35.5. The lowest BCUT2D eigenvalue weighted by molar-refractivity contribution is -0.182. The van der Waals surface area contributed by atoms with Crippen molar-refractivity contribution < 1.29 is 27.9 Å². The van der Waals surface area contributed by atoms with Crippen LogP contribution in [0, 0.1) is 0 Å². The minimum Gasteiger partial charge on any atom is -0.481 e. The fraction of sp³-hybridized carbons (Fsp3) is 0.440. The van der Waals surface area contributed by atoms with E-state index in [9.17, 15) is 23.1 Å². The maximum absolute atomic E-state index is 13.7. The zero-order valence-electron chi connectivity index (χ0n) is 20.0. The van der Waals surface area contributed by atoms with E-state index in [1.807, 2.05) is 0 Å². The molecule has 0 aromatic heterocycles. The van der Waals surface area contributed by atoms with Crippen LogP contribution in [0.1, 0.15) is 56.9 Å². The molecule has 1 saturated heterocycles. The highest BCUT2D eigenvalue weighted by Crippen LogP contribution is 2.45. The number of morpholine rings is 1. The Balaban J connectivity index is 2.23. The van der Waals surface area contributed by atoms with Crippen LogP contribution >= 0.6 is 34.8 Å². The van der Waals surface area contributed by atoms with Crippen molar-refractivity contribution in [2.75, 3.05) is 5.75 Å². The first-order chi connectivity index (χ1) is 16.8. The number of carboxylic acids is 1. The lowest BCUT2D eigenvalue weighted by atomic mass is 9.89. The Hall–Kier alpha value is -1.84. The molecule has 0 bridgehead atoms. The number of rotatable bonds is 9. The molecule has 2 aromatic rings. The molecule has 11 heteroatoms. The van der Waals surface area contributed by atoms with Gasteiger partial charge in [0.05, 0.1) is 23.5 Å². The van der Waals surface area contributed by atoms with Crippen molar-refractivity contribution in [2.24, 2.45) is 0 Å². The summed E-state index contributed by atoms with van der Waals surface area (Å²) in [7, 11) is -3.55. The van der Waals surface area contributed by atoms with Crippen molar-refractivity contribution in [1.82, 2.24) is 4.90 Å². The van der Waals surface area contributed by atoms with Crippen LogP contribution < -0.4 is 0 Å². The van der Waals surface area contributed by atoms with Gasteiger partial charge >= 0.3 is 5.97 Å². The first-order valence-electron chi connectivity index (χ1n) is 11.5. The number of sulfone groups is 1. The molecular weight excluding hydrogens is 549 g/mol. The van der Waals surface area contributed by atoms with Crippen LogP contribution in [0.2, 0.25) is 15.1 Å². The number of nitrogens with zero attached hydrogens (tertiary/aromatic N) is 1. The molecule has 1 heterocycles. The molecular formula is C25H28Cl3NO6S. The van der Waals surface area contributed by atoms with E-state index in [0.717, 1.165) is 0 Å². The smallest absolute Gasteiger partial charge is 0.306 e. The predicted molar refractivity (Wildman–Crippen MR) is 140 cm³/mol. The molecule has 4 atom stereocenters. The molecule has 2 aromatic carbocycles. The van der Waals surface area contributed by atoms with Gasteiger partial charge in [0.2, 0.25) is 0 Å². The summed E-state index contributed by atoms with van der Waals surface area (Å²) in [4.78, 5) is 26.8. The summed E-state index contributed by atoms with van der Waals surface area (Å²) in [5.74, 6) is -2.09. The van der Waals surface area contributed by atoms with Crippen LogP contribution in [0.4, 0.5) is 0 Å². The largest absolute Gasteiger partial charge is 0.481 e. The van der Waals surface area contributed by atoms with Crippen LogP contribution in [0.3, 0.4) is 0 Å². The molecule has 1 N–H and O–H groups in total. The number of amides is 1. The molecule has 1 amide bonds. The molecule has 196 valence electrons. The van der Waals surface area contributed by atoms with Crippen LogP contribution in [0.5, 0.6) is 0 Å². The van der Waals surface area contributed by atoms with E-state index in [-0.39, 0.29) is 5.75 Å². The van der Waals surface area contributed by atoms with Crippen LogP contribution in [0.15, 0.2) is 42.5 Å². The van der Waals surface area contributed by atoms with Crippen LogP contribution in [-0.4, -0.2) is 53.4 Å². The summed E-state index contributed by atoms with van der Waals surface area (Å²) in [5, 5.41) is 9.99. The van der Waals surface area contributed by atoms with E-state index in [0.29, 0.717) is 32.6 Å². The summed E-state index contributed by atoms with van der Waals surface area (Å²) < 4.78 is 32.0. The number of hydrogen-bond donors (Lipinski definition) is 1. The van der Waals surface area contributed by atoms with E-state index >= 15 is 0 Å². The number of ether oxygens (including phenoxy) is 1. The lowest BCUT2D eigenvalue weighted by Crippen LogP contribution is -2.56. The lowest BCUT2D eigenvalue weighted by Gasteiger charge is -2.48. The third kappa shape index (κ3) is 6.53. The number of hydrogen-bond acceptors (Lipinski definition) is 5. The Bertz CT molecular complexity index is 1200. The maximum Gasteiger partial charge on any atom is 0.306 e. The van der Waals surface area contributed by atoms with Crippen molar-refractivity contribution in [3.8, 4) is 0 Å². The van der Waals surface area contributed by atoms with Crippen molar-refractivity contribution >= 4 is 56.5 Å². The number of halogens is 3. The molecule has 1 unspecified atom stereocenters. The Kier molecular flexibility index (Phi) is 9.33. The first kappa shape index (κ1) is 28.7. The second-order valence-corrected chi connectivity index (χ2v) is 12.9. The molecule has 0 spiro atoms. The summed E-state index contributed by atoms with van der Waals surface area (Å²) in [6.45, 7) is 4.97. The van der Waals surface area contributed by atoms with Gasteiger partial charge in [-0.05, 0) is 61.7 Å². The topological polar surface area (TPSA) is 101 Å². The van der Waals surface area contributed by atoms with Gasteiger partial charge in [-0.15, -0.1) is 0 Å². The quantitative estimate of drug-likeness (QED) is 0.409. The fourth-order valence-electron chi connectivity index (χ4n) is 4.31. The monoisotopic (exact) mass is 575 g/mol. The van der Waals surface area contributed by atoms with Gasteiger partial charge in [0.15, 0.2) is 9.84 Å².